The van der Waals surface area contributed by atoms with Crippen molar-refractivity contribution >= 4 is 21.6 Å². The maximum absolute atomic E-state index is 12.9. The minimum absolute atomic E-state index is 0.143. The molecule has 1 N–H and O–H groups in total. The van der Waals surface area contributed by atoms with Crippen molar-refractivity contribution < 1.29 is 17.9 Å². The van der Waals surface area contributed by atoms with Crippen LogP contribution in [0.15, 0.2) is 53.4 Å². The van der Waals surface area contributed by atoms with Crippen molar-refractivity contribution in [1.82, 2.24) is 4.31 Å². The molecule has 0 atom stereocenters. The Balaban J connectivity index is 1.81. The third kappa shape index (κ3) is 4.31. The van der Waals surface area contributed by atoms with Gasteiger partial charge in [0.2, 0.25) is 10.0 Å². The summed E-state index contributed by atoms with van der Waals surface area (Å²) in [6, 6.07) is 13.2. The molecule has 3 rings (SSSR count). The number of hydrogen-bond donors (Lipinski definition) is 1. The van der Waals surface area contributed by atoms with Crippen LogP contribution in [0.2, 0.25) is 0 Å². The Morgan fingerprint density at radius 2 is 1.81 bits per heavy atom. The largest absolute Gasteiger partial charge is 0.495 e. The predicted molar refractivity (Wildman–Crippen MR) is 105 cm³/mol. The normalized spacial score (nSPS) is 16.1. The molecular weight excluding hydrogens is 364 g/mol. The van der Waals surface area contributed by atoms with Gasteiger partial charge in [0.25, 0.3) is 5.91 Å². The summed E-state index contributed by atoms with van der Waals surface area (Å²) in [5.74, 6) is 0.690. The number of benzene rings is 2. The second-order valence-electron chi connectivity index (χ2n) is 6.77. The summed E-state index contributed by atoms with van der Waals surface area (Å²) in [7, 11) is -2.07. The lowest BCUT2D eigenvalue weighted by Gasteiger charge is -2.29. The molecule has 1 aliphatic rings. The molecule has 27 heavy (non-hydrogen) atoms. The van der Waals surface area contributed by atoms with Crippen LogP contribution in [-0.4, -0.2) is 38.8 Å². The maximum atomic E-state index is 12.9. The molecule has 7 heteroatoms. The van der Waals surface area contributed by atoms with Crippen LogP contribution in [0, 0.1) is 5.92 Å². The molecular formula is C20H24N2O4S. The smallest absolute Gasteiger partial charge is 0.255 e. The van der Waals surface area contributed by atoms with Gasteiger partial charge >= 0.3 is 0 Å². The van der Waals surface area contributed by atoms with Gasteiger partial charge in [0, 0.05) is 18.7 Å². The Hall–Kier alpha value is -2.38. The van der Waals surface area contributed by atoms with E-state index in [1.54, 1.807) is 36.4 Å². The van der Waals surface area contributed by atoms with Crippen molar-refractivity contribution in [2.75, 3.05) is 25.5 Å². The van der Waals surface area contributed by atoms with Crippen LogP contribution in [0.25, 0.3) is 0 Å². The van der Waals surface area contributed by atoms with Gasteiger partial charge in [0.15, 0.2) is 0 Å². The number of ether oxygens (including phenoxy) is 1. The van der Waals surface area contributed by atoms with Gasteiger partial charge in [0.05, 0.1) is 17.7 Å². The summed E-state index contributed by atoms with van der Waals surface area (Å²) in [6.45, 7) is 3.16. The van der Waals surface area contributed by atoms with Crippen LogP contribution < -0.4 is 10.1 Å². The Labute approximate surface area is 160 Å². The minimum Gasteiger partial charge on any atom is -0.495 e. The van der Waals surface area contributed by atoms with Gasteiger partial charge in [0.1, 0.15) is 5.75 Å². The van der Waals surface area contributed by atoms with Crippen LogP contribution in [0.1, 0.15) is 30.1 Å². The monoisotopic (exact) mass is 388 g/mol. The van der Waals surface area contributed by atoms with E-state index in [0.717, 1.165) is 12.8 Å². The lowest BCUT2D eigenvalue weighted by Crippen LogP contribution is -2.37. The number of nitrogens with one attached hydrogen (secondary N) is 1. The van der Waals surface area contributed by atoms with Crippen molar-refractivity contribution in [3.63, 3.8) is 0 Å². The van der Waals surface area contributed by atoms with Crippen LogP contribution >= 0.6 is 0 Å². The molecule has 1 heterocycles. The molecule has 1 saturated heterocycles. The van der Waals surface area contributed by atoms with Gasteiger partial charge < -0.3 is 10.1 Å². The quantitative estimate of drug-likeness (QED) is 0.852. The van der Waals surface area contributed by atoms with Gasteiger partial charge in [-0.3, -0.25) is 4.79 Å². The predicted octanol–water partition coefficient (Wildman–Crippen LogP) is 3.37. The number of amides is 1. The first-order valence-electron chi connectivity index (χ1n) is 8.96. The Morgan fingerprint density at radius 3 is 2.52 bits per heavy atom. The highest BCUT2D eigenvalue weighted by Gasteiger charge is 2.28. The first-order chi connectivity index (χ1) is 12.9. The summed E-state index contributed by atoms with van der Waals surface area (Å²) < 4.78 is 32.5. The minimum atomic E-state index is -3.60. The van der Waals surface area contributed by atoms with Crippen molar-refractivity contribution in [3.8, 4) is 5.75 Å². The number of sulfonamides is 1. The zero-order valence-corrected chi connectivity index (χ0v) is 16.3. The van der Waals surface area contributed by atoms with Gasteiger partial charge in [-0.1, -0.05) is 25.1 Å². The van der Waals surface area contributed by atoms with E-state index in [0.29, 0.717) is 30.4 Å². The molecule has 2 aromatic rings. The van der Waals surface area contributed by atoms with Gasteiger partial charge in [-0.25, -0.2) is 8.42 Å². The molecule has 1 amide bonds. The van der Waals surface area contributed by atoms with Crippen LogP contribution in [-0.2, 0) is 10.0 Å². The lowest BCUT2D eigenvalue weighted by atomic mass is 10.0. The highest BCUT2D eigenvalue weighted by Crippen LogP contribution is 2.26. The van der Waals surface area contributed by atoms with E-state index in [9.17, 15) is 13.2 Å². The number of methoxy groups -OCH3 is 1. The van der Waals surface area contributed by atoms with E-state index in [2.05, 4.69) is 12.2 Å². The topological polar surface area (TPSA) is 75.7 Å². The van der Waals surface area contributed by atoms with E-state index in [-0.39, 0.29) is 16.4 Å². The third-order valence-electron chi connectivity index (χ3n) is 4.83. The second kappa shape index (κ2) is 8.10. The Kier molecular flexibility index (Phi) is 5.82. The summed E-state index contributed by atoms with van der Waals surface area (Å²) >= 11 is 0. The summed E-state index contributed by atoms with van der Waals surface area (Å²) in [4.78, 5) is 12.7. The molecule has 2 aromatic carbocycles. The van der Waals surface area contributed by atoms with Gasteiger partial charge in [-0.2, -0.15) is 4.31 Å². The number of carbonyl (C=O) groups excluding carboxylic acids is 1. The number of hydrogen-bond acceptors (Lipinski definition) is 4. The fourth-order valence-electron chi connectivity index (χ4n) is 3.11. The number of para-hydroxylation sites is 2. The number of carbonyl (C=O) groups is 1. The molecule has 0 radical (unpaired) electrons. The Bertz CT molecular complexity index is 919. The van der Waals surface area contributed by atoms with E-state index in [4.69, 9.17) is 4.74 Å². The first kappa shape index (κ1) is 19.4. The van der Waals surface area contributed by atoms with Gasteiger partial charge in [-0.15, -0.1) is 0 Å². The van der Waals surface area contributed by atoms with E-state index >= 15 is 0 Å². The van der Waals surface area contributed by atoms with Crippen molar-refractivity contribution in [3.05, 3.63) is 54.1 Å². The molecule has 0 saturated carbocycles. The zero-order chi connectivity index (χ0) is 19.4. The molecule has 1 aliphatic heterocycles. The summed E-state index contributed by atoms with van der Waals surface area (Å²) in [6.07, 6.45) is 1.71. The number of piperidine rings is 1. The van der Waals surface area contributed by atoms with E-state index in [1.165, 1.54) is 23.5 Å². The SMILES string of the molecule is COc1ccccc1NC(=O)c1cccc(S(=O)(=O)N2CCC(C)CC2)c1. The standard InChI is InChI=1S/C20H24N2O4S/c1-15-10-12-22(13-11-15)27(24,25)17-7-5-6-16(14-17)20(23)21-18-8-3-4-9-19(18)26-2/h3-9,14-15H,10-13H2,1-2H3,(H,21,23). The molecule has 6 nitrogen and oxygen atoms in total. The second-order valence-corrected chi connectivity index (χ2v) is 8.71. The zero-order valence-electron chi connectivity index (χ0n) is 15.5. The molecule has 0 spiro atoms. The average molecular weight is 388 g/mol. The first-order valence-corrected chi connectivity index (χ1v) is 10.4. The molecule has 144 valence electrons. The van der Waals surface area contributed by atoms with E-state index < -0.39 is 10.0 Å². The third-order valence-corrected chi connectivity index (χ3v) is 6.73. The number of rotatable bonds is 5. The van der Waals surface area contributed by atoms with Gasteiger partial charge in [-0.05, 0) is 49.1 Å². The fourth-order valence-corrected chi connectivity index (χ4v) is 4.63. The van der Waals surface area contributed by atoms with Crippen molar-refractivity contribution in [2.24, 2.45) is 5.92 Å². The van der Waals surface area contributed by atoms with E-state index in [1.807, 2.05) is 0 Å². The number of anilines is 1. The molecule has 0 bridgehead atoms. The summed E-state index contributed by atoms with van der Waals surface area (Å²) in [5.41, 5.74) is 0.815. The van der Waals surface area contributed by atoms with Crippen LogP contribution in [0.3, 0.4) is 0 Å². The molecule has 0 aromatic heterocycles. The Morgan fingerprint density at radius 1 is 1.11 bits per heavy atom. The van der Waals surface area contributed by atoms with Crippen LogP contribution in [0.4, 0.5) is 5.69 Å². The lowest BCUT2D eigenvalue weighted by molar-refractivity contribution is 0.102. The van der Waals surface area contributed by atoms with Crippen molar-refractivity contribution in [1.29, 1.82) is 0 Å². The highest BCUT2D eigenvalue weighted by atomic mass is 32.2. The maximum Gasteiger partial charge on any atom is 0.255 e. The van der Waals surface area contributed by atoms with Crippen LogP contribution in [0.5, 0.6) is 5.75 Å². The number of nitrogens with zero attached hydrogens (tertiary/aromatic N) is 1. The fraction of sp³-hybridized carbons (Fsp3) is 0.350. The average Bonchev–Trinajstić information content (AvgIpc) is 2.69. The summed E-state index contributed by atoms with van der Waals surface area (Å²) in [5, 5.41) is 2.77. The molecule has 1 fully saturated rings. The highest BCUT2D eigenvalue weighted by molar-refractivity contribution is 7.89. The van der Waals surface area contributed by atoms with Crippen molar-refractivity contribution in [2.45, 2.75) is 24.7 Å². The molecule has 0 aliphatic carbocycles. The molecule has 0 unspecified atom stereocenters.